The molecule has 4 nitrogen and oxygen atoms in total. The van der Waals surface area contributed by atoms with Crippen molar-refractivity contribution >= 4 is 5.57 Å². The summed E-state index contributed by atoms with van der Waals surface area (Å²) in [6, 6.07) is 4.72. The fourth-order valence-electron chi connectivity index (χ4n) is 5.98. The first-order valence-electron chi connectivity index (χ1n) is 13.2. The molecule has 0 bridgehead atoms. The molecule has 2 N–H and O–H groups in total. The lowest BCUT2D eigenvalue weighted by molar-refractivity contribution is -0.137. The van der Waals surface area contributed by atoms with E-state index in [1.54, 1.807) is 7.11 Å². The third-order valence-electron chi connectivity index (χ3n) is 7.85. The quantitative estimate of drug-likeness (QED) is 0.386. The Balaban J connectivity index is 1.97. The molecule has 2 unspecified atom stereocenters. The first kappa shape index (κ1) is 27.8. The van der Waals surface area contributed by atoms with Crippen LogP contribution in [0.2, 0.25) is 0 Å². The fraction of sp³-hybridized carbons (Fsp3) is 0.567. The van der Waals surface area contributed by atoms with Crippen LogP contribution in [-0.2, 0) is 17.3 Å². The summed E-state index contributed by atoms with van der Waals surface area (Å²) in [5.41, 5.74) is 4.45. The molecule has 2 aliphatic carbocycles. The standard InChI is InChI=1S/C30H38F3NO3/c1-5-18(14-15-37-4)27-26(28(36)20-10-12-21(13-11-20)30(31,32)33)24(19-8-6-7-9-19)25-22(34-27)16-29(2,3)17-23(25)35/h8,10-13,18,23,28,35-36H,5-7,9,14-17H2,1-4H3/t18?,23?,28-/m0/s1. The maximum atomic E-state index is 13.2. The van der Waals surface area contributed by atoms with Crippen molar-refractivity contribution < 1.29 is 28.1 Å². The van der Waals surface area contributed by atoms with Crippen molar-refractivity contribution in [2.45, 2.75) is 90.0 Å². The lowest BCUT2D eigenvalue weighted by Gasteiger charge is -2.38. The number of aliphatic hydroxyl groups excluding tert-OH is 2. The number of nitrogens with zero attached hydrogens (tertiary/aromatic N) is 1. The molecule has 1 aromatic heterocycles. The zero-order chi connectivity index (χ0) is 27.0. The van der Waals surface area contributed by atoms with Gasteiger partial charge in [-0.1, -0.05) is 39.0 Å². The summed E-state index contributed by atoms with van der Waals surface area (Å²) >= 11 is 0. The topological polar surface area (TPSA) is 62.6 Å². The Bertz CT molecular complexity index is 1140. The minimum absolute atomic E-state index is 0.00715. The zero-order valence-corrected chi connectivity index (χ0v) is 22.2. The third-order valence-corrected chi connectivity index (χ3v) is 7.85. The van der Waals surface area contributed by atoms with Crippen molar-refractivity contribution in [3.05, 3.63) is 69.5 Å². The highest BCUT2D eigenvalue weighted by Crippen LogP contribution is 2.49. The van der Waals surface area contributed by atoms with Crippen molar-refractivity contribution in [3.63, 3.8) is 0 Å². The normalized spacial score (nSPS) is 20.9. The van der Waals surface area contributed by atoms with Crippen LogP contribution in [0.25, 0.3) is 5.57 Å². The maximum absolute atomic E-state index is 13.2. The van der Waals surface area contributed by atoms with Crippen LogP contribution in [0, 0.1) is 5.41 Å². The van der Waals surface area contributed by atoms with E-state index in [9.17, 15) is 23.4 Å². The van der Waals surface area contributed by atoms with Gasteiger partial charge in [0.15, 0.2) is 0 Å². The van der Waals surface area contributed by atoms with E-state index in [0.29, 0.717) is 37.0 Å². The number of hydrogen-bond acceptors (Lipinski definition) is 4. The number of allylic oxidation sites excluding steroid dienone is 2. The number of aliphatic hydroxyl groups is 2. The van der Waals surface area contributed by atoms with Crippen LogP contribution in [0.1, 0.15) is 117 Å². The lowest BCUT2D eigenvalue weighted by Crippen LogP contribution is -2.30. The number of alkyl halides is 3. The molecule has 0 aliphatic heterocycles. The van der Waals surface area contributed by atoms with E-state index in [1.807, 2.05) is 0 Å². The predicted octanol–water partition coefficient (Wildman–Crippen LogP) is 7.29. The molecule has 0 amide bonds. The molecule has 2 aromatic rings. The van der Waals surface area contributed by atoms with Gasteiger partial charge >= 0.3 is 6.18 Å². The second-order valence-corrected chi connectivity index (χ2v) is 11.2. The van der Waals surface area contributed by atoms with Gasteiger partial charge in [-0.2, -0.15) is 13.2 Å². The van der Waals surface area contributed by atoms with Crippen LogP contribution in [0.5, 0.6) is 0 Å². The first-order chi connectivity index (χ1) is 17.5. The van der Waals surface area contributed by atoms with E-state index in [0.717, 1.165) is 65.9 Å². The summed E-state index contributed by atoms with van der Waals surface area (Å²) in [5, 5.41) is 23.2. The van der Waals surface area contributed by atoms with Gasteiger partial charge < -0.3 is 14.9 Å². The van der Waals surface area contributed by atoms with Gasteiger partial charge in [0.25, 0.3) is 0 Å². The van der Waals surface area contributed by atoms with Gasteiger partial charge in [-0.3, -0.25) is 4.98 Å². The van der Waals surface area contributed by atoms with Crippen LogP contribution in [0.15, 0.2) is 30.3 Å². The molecular formula is C30H38F3NO3. The second kappa shape index (κ2) is 10.9. The minimum Gasteiger partial charge on any atom is -0.388 e. The van der Waals surface area contributed by atoms with E-state index in [-0.39, 0.29) is 11.3 Å². The summed E-state index contributed by atoms with van der Waals surface area (Å²) < 4.78 is 45.0. The Morgan fingerprint density at radius 3 is 2.46 bits per heavy atom. The molecule has 0 saturated carbocycles. The Kier molecular flexibility index (Phi) is 8.17. The van der Waals surface area contributed by atoms with Crippen LogP contribution < -0.4 is 0 Å². The summed E-state index contributed by atoms with van der Waals surface area (Å²) in [5.74, 6) is -0.00715. The molecule has 7 heteroatoms. The van der Waals surface area contributed by atoms with Crippen LogP contribution >= 0.6 is 0 Å². The molecular weight excluding hydrogens is 479 g/mol. The van der Waals surface area contributed by atoms with E-state index in [2.05, 4.69) is 26.8 Å². The van der Waals surface area contributed by atoms with Crippen molar-refractivity contribution in [1.82, 2.24) is 4.98 Å². The second-order valence-electron chi connectivity index (χ2n) is 11.2. The highest BCUT2D eigenvalue weighted by molar-refractivity contribution is 5.75. The van der Waals surface area contributed by atoms with E-state index < -0.39 is 23.9 Å². The Morgan fingerprint density at radius 1 is 1.19 bits per heavy atom. The fourth-order valence-corrected chi connectivity index (χ4v) is 5.98. The van der Waals surface area contributed by atoms with Crippen LogP contribution in [-0.4, -0.2) is 28.9 Å². The first-order valence-corrected chi connectivity index (χ1v) is 13.2. The zero-order valence-electron chi connectivity index (χ0n) is 22.2. The summed E-state index contributed by atoms with van der Waals surface area (Å²) in [6.45, 7) is 6.85. The molecule has 1 aromatic carbocycles. The van der Waals surface area contributed by atoms with Crippen LogP contribution in [0.4, 0.5) is 13.2 Å². The van der Waals surface area contributed by atoms with Gasteiger partial charge in [0.05, 0.1) is 17.4 Å². The molecule has 37 heavy (non-hydrogen) atoms. The number of benzene rings is 1. The van der Waals surface area contributed by atoms with E-state index >= 15 is 0 Å². The predicted molar refractivity (Wildman–Crippen MR) is 138 cm³/mol. The molecule has 0 saturated heterocycles. The van der Waals surface area contributed by atoms with Gasteiger partial charge in [-0.05, 0) is 79.2 Å². The molecule has 4 rings (SSSR count). The highest BCUT2D eigenvalue weighted by Gasteiger charge is 2.39. The van der Waals surface area contributed by atoms with Crippen LogP contribution in [0.3, 0.4) is 0 Å². The van der Waals surface area contributed by atoms with Gasteiger partial charge in [-0.15, -0.1) is 0 Å². The summed E-state index contributed by atoms with van der Waals surface area (Å²) in [4.78, 5) is 5.14. The Morgan fingerprint density at radius 2 is 1.89 bits per heavy atom. The van der Waals surface area contributed by atoms with Gasteiger partial charge in [0, 0.05) is 36.5 Å². The molecule has 1 heterocycles. The number of rotatable bonds is 8. The largest absolute Gasteiger partial charge is 0.416 e. The van der Waals surface area contributed by atoms with Crippen molar-refractivity contribution in [3.8, 4) is 0 Å². The average molecular weight is 518 g/mol. The van der Waals surface area contributed by atoms with Gasteiger partial charge in [0.2, 0.25) is 0 Å². The van der Waals surface area contributed by atoms with Gasteiger partial charge in [0.1, 0.15) is 6.10 Å². The van der Waals surface area contributed by atoms with E-state index in [1.165, 1.54) is 12.1 Å². The lowest BCUT2D eigenvalue weighted by atomic mass is 9.71. The molecule has 0 spiro atoms. The maximum Gasteiger partial charge on any atom is 0.416 e. The third kappa shape index (κ3) is 5.79. The SMILES string of the molecule is CCC(CCOC)c1nc2c(c(C3=CCCC3)c1[C@@H](O)c1ccc(C(F)(F)F)cc1)C(O)CC(C)(C)C2. The van der Waals surface area contributed by atoms with Crippen molar-refractivity contribution in [1.29, 1.82) is 0 Å². The Hall–Kier alpha value is -2.22. The number of halogens is 3. The number of methoxy groups -OCH3 is 1. The molecule has 0 fully saturated rings. The molecule has 202 valence electrons. The van der Waals surface area contributed by atoms with Crippen molar-refractivity contribution in [2.24, 2.45) is 5.41 Å². The molecule has 3 atom stereocenters. The monoisotopic (exact) mass is 517 g/mol. The number of ether oxygens (including phenoxy) is 1. The van der Waals surface area contributed by atoms with E-state index in [4.69, 9.17) is 9.72 Å². The molecule has 0 radical (unpaired) electrons. The number of hydrogen-bond donors (Lipinski definition) is 2. The average Bonchev–Trinajstić information content (AvgIpc) is 3.37. The smallest absolute Gasteiger partial charge is 0.388 e. The number of pyridine rings is 1. The van der Waals surface area contributed by atoms with Gasteiger partial charge in [-0.25, -0.2) is 0 Å². The highest BCUT2D eigenvalue weighted by atomic mass is 19.4. The van der Waals surface area contributed by atoms with Crippen molar-refractivity contribution in [2.75, 3.05) is 13.7 Å². The minimum atomic E-state index is -4.45. The number of aromatic nitrogens is 1. The number of fused-ring (bicyclic) bond motifs is 1. The Labute approximate surface area is 217 Å². The molecule has 2 aliphatic rings. The summed E-state index contributed by atoms with van der Waals surface area (Å²) in [6.07, 6.45) is 1.31. The summed E-state index contributed by atoms with van der Waals surface area (Å²) in [7, 11) is 1.65.